The molecule has 0 aliphatic heterocycles. The Morgan fingerprint density at radius 1 is 0.821 bits per heavy atom. The van der Waals surface area contributed by atoms with Crippen molar-refractivity contribution in [3.8, 4) is 16.9 Å². The summed E-state index contributed by atoms with van der Waals surface area (Å²) in [6, 6.07) is 20.4. The maximum absolute atomic E-state index is 12.7. The Bertz CT molecular complexity index is 993. The Balaban J connectivity index is 1.81. The van der Waals surface area contributed by atoms with Gasteiger partial charge in [-0.3, -0.25) is 9.59 Å². The lowest BCUT2D eigenvalue weighted by molar-refractivity contribution is 0.0964. The predicted octanol–water partition coefficient (Wildman–Crippen LogP) is 4.28. The van der Waals surface area contributed by atoms with Crippen LogP contribution in [-0.4, -0.2) is 26.0 Å². The number of nitrogens with one attached hydrogen (secondary N) is 2. The van der Waals surface area contributed by atoms with Crippen molar-refractivity contribution in [1.29, 1.82) is 0 Å². The number of aryl methyl sites for hydroxylation is 1. The number of benzene rings is 3. The fourth-order valence-corrected chi connectivity index (χ4v) is 2.94. The van der Waals surface area contributed by atoms with Crippen LogP contribution in [0.25, 0.3) is 11.1 Å². The Morgan fingerprint density at radius 3 is 2.00 bits per heavy atom. The Hall–Kier alpha value is -3.60. The minimum Gasteiger partial charge on any atom is -0.497 e. The molecular formula is C23H22N2O3. The summed E-state index contributed by atoms with van der Waals surface area (Å²) in [7, 11) is 3.20. The van der Waals surface area contributed by atoms with E-state index >= 15 is 0 Å². The lowest BCUT2D eigenvalue weighted by atomic mass is 10.0. The van der Waals surface area contributed by atoms with E-state index in [1.165, 1.54) is 0 Å². The van der Waals surface area contributed by atoms with Crippen molar-refractivity contribution in [2.45, 2.75) is 6.92 Å². The minimum atomic E-state index is -0.263. The third-order valence-electron chi connectivity index (χ3n) is 4.55. The molecule has 5 heteroatoms. The van der Waals surface area contributed by atoms with E-state index in [9.17, 15) is 9.59 Å². The van der Waals surface area contributed by atoms with Crippen molar-refractivity contribution in [3.63, 3.8) is 0 Å². The highest BCUT2D eigenvalue weighted by atomic mass is 16.5. The molecule has 0 radical (unpaired) electrons. The highest BCUT2D eigenvalue weighted by molar-refractivity contribution is 6.09. The molecule has 0 aliphatic carbocycles. The van der Waals surface area contributed by atoms with Crippen LogP contribution in [0.5, 0.6) is 5.75 Å². The highest BCUT2D eigenvalue weighted by Crippen LogP contribution is 2.24. The summed E-state index contributed by atoms with van der Waals surface area (Å²) >= 11 is 0. The number of ether oxygens (including phenoxy) is 1. The van der Waals surface area contributed by atoms with Gasteiger partial charge in [0.15, 0.2) is 0 Å². The maximum Gasteiger partial charge on any atom is 0.255 e. The Morgan fingerprint density at radius 2 is 1.43 bits per heavy atom. The summed E-state index contributed by atoms with van der Waals surface area (Å²) in [6.07, 6.45) is 0. The number of carbonyl (C=O) groups excluding carboxylic acids is 2. The third-order valence-corrected chi connectivity index (χ3v) is 4.55. The number of carbonyl (C=O) groups is 2. The number of hydrogen-bond donors (Lipinski definition) is 2. The fourth-order valence-electron chi connectivity index (χ4n) is 2.94. The summed E-state index contributed by atoms with van der Waals surface area (Å²) in [5.41, 5.74) is 4.33. The monoisotopic (exact) mass is 374 g/mol. The Labute approximate surface area is 164 Å². The molecule has 0 saturated heterocycles. The molecule has 0 unspecified atom stereocenters. The third kappa shape index (κ3) is 4.04. The van der Waals surface area contributed by atoms with Gasteiger partial charge < -0.3 is 15.4 Å². The second kappa shape index (κ2) is 8.39. The van der Waals surface area contributed by atoms with Crippen molar-refractivity contribution >= 4 is 17.5 Å². The fraction of sp³-hybridized carbons (Fsp3) is 0.130. The van der Waals surface area contributed by atoms with Crippen LogP contribution in [0.4, 0.5) is 5.69 Å². The molecule has 142 valence electrons. The van der Waals surface area contributed by atoms with Crippen LogP contribution in [0, 0.1) is 6.92 Å². The molecule has 3 aromatic rings. The van der Waals surface area contributed by atoms with Gasteiger partial charge in [0, 0.05) is 12.6 Å². The maximum atomic E-state index is 12.7. The van der Waals surface area contributed by atoms with Crippen molar-refractivity contribution in [2.75, 3.05) is 19.5 Å². The number of methoxy groups -OCH3 is 1. The Kier molecular flexibility index (Phi) is 5.75. The van der Waals surface area contributed by atoms with E-state index in [1.807, 2.05) is 49.4 Å². The summed E-state index contributed by atoms with van der Waals surface area (Å²) in [6.45, 7) is 1.86. The van der Waals surface area contributed by atoms with E-state index in [1.54, 1.807) is 38.4 Å². The molecule has 0 fully saturated rings. The molecule has 0 atom stereocenters. The first-order valence-electron chi connectivity index (χ1n) is 8.91. The van der Waals surface area contributed by atoms with Crippen LogP contribution in [0.3, 0.4) is 0 Å². The highest BCUT2D eigenvalue weighted by Gasteiger charge is 2.15. The second-order valence-corrected chi connectivity index (χ2v) is 6.34. The predicted molar refractivity (Wildman–Crippen MR) is 111 cm³/mol. The standard InChI is InChI=1S/C23H22N2O3/c1-15-5-4-6-20(23(27)24-2)21(15)25-22(26)18-9-7-16(8-10-18)17-11-13-19(28-3)14-12-17/h4-14H,1-3H3,(H,24,27)(H,25,26). The minimum absolute atomic E-state index is 0.242. The molecule has 0 aliphatic rings. The van der Waals surface area contributed by atoms with Gasteiger partial charge in [0.2, 0.25) is 0 Å². The quantitative estimate of drug-likeness (QED) is 0.700. The van der Waals surface area contributed by atoms with Gasteiger partial charge in [0.05, 0.1) is 18.4 Å². The van der Waals surface area contributed by atoms with Crippen LogP contribution in [0.15, 0.2) is 66.7 Å². The zero-order valence-corrected chi connectivity index (χ0v) is 16.1. The van der Waals surface area contributed by atoms with Crippen molar-refractivity contribution < 1.29 is 14.3 Å². The van der Waals surface area contributed by atoms with E-state index in [0.717, 1.165) is 22.4 Å². The number of rotatable bonds is 5. The molecule has 2 amide bonds. The van der Waals surface area contributed by atoms with Crippen LogP contribution in [-0.2, 0) is 0 Å². The molecule has 28 heavy (non-hydrogen) atoms. The van der Waals surface area contributed by atoms with Crippen LogP contribution < -0.4 is 15.4 Å². The van der Waals surface area contributed by atoms with E-state index in [-0.39, 0.29) is 11.8 Å². The number of para-hydroxylation sites is 1. The molecule has 3 aromatic carbocycles. The van der Waals surface area contributed by atoms with Gasteiger partial charge in [-0.05, 0) is 53.9 Å². The van der Waals surface area contributed by atoms with Crippen LogP contribution >= 0.6 is 0 Å². The van der Waals surface area contributed by atoms with Crippen molar-refractivity contribution in [3.05, 3.63) is 83.4 Å². The SMILES string of the molecule is CNC(=O)c1cccc(C)c1NC(=O)c1ccc(-c2ccc(OC)cc2)cc1. The summed E-state index contributed by atoms with van der Waals surface area (Å²) < 4.78 is 5.17. The molecule has 0 saturated carbocycles. The lowest BCUT2D eigenvalue weighted by Gasteiger charge is -2.13. The van der Waals surface area contributed by atoms with E-state index in [4.69, 9.17) is 4.74 Å². The molecule has 3 rings (SSSR count). The first-order valence-corrected chi connectivity index (χ1v) is 8.91. The number of anilines is 1. The van der Waals surface area contributed by atoms with Crippen molar-refractivity contribution in [1.82, 2.24) is 5.32 Å². The lowest BCUT2D eigenvalue weighted by Crippen LogP contribution is -2.22. The van der Waals surface area contributed by atoms with E-state index in [0.29, 0.717) is 16.8 Å². The largest absolute Gasteiger partial charge is 0.497 e. The van der Waals surface area contributed by atoms with Gasteiger partial charge in [-0.15, -0.1) is 0 Å². The second-order valence-electron chi connectivity index (χ2n) is 6.34. The zero-order valence-electron chi connectivity index (χ0n) is 16.1. The van der Waals surface area contributed by atoms with Gasteiger partial charge >= 0.3 is 0 Å². The summed E-state index contributed by atoms with van der Waals surface area (Å²) in [5, 5.41) is 5.46. The molecule has 2 N–H and O–H groups in total. The first kappa shape index (κ1) is 19.2. The van der Waals surface area contributed by atoms with Crippen LogP contribution in [0.1, 0.15) is 26.3 Å². The molecule has 0 aromatic heterocycles. The van der Waals surface area contributed by atoms with Crippen LogP contribution in [0.2, 0.25) is 0 Å². The van der Waals surface area contributed by atoms with Gasteiger partial charge in [-0.2, -0.15) is 0 Å². The first-order chi connectivity index (χ1) is 13.5. The molecule has 5 nitrogen and oxygen atoms in total. The van der Waals surface area contributed by atoms with Gasteiger partial charge in [-0.25, -0.2) is 0 Å². The number of hydrogen-bond acceptors (Lipinski definition) is 3. The van der Waals surface area contributed by atoms with E-state index < -0.39 is 0 Å². The molecular weight excluding hydrogens is 352 g/mol. The summed E-state index contributed by atoms with van der Waals surface area (Å²) in [4.78, 5) is 24.8. The van der Waals surface area contributed by atoms with Gasteiger partial charge in [0.25, 0.3) is 11.8 Å². The zero-order chi connectivity index (χ0) is 20.1. The average Bonchev–Trinajstić information content (AvgIpc) is 2.74. The van der Waals surface area contributed by atoms with E-state index in [2.05, 4.69) is 10.6 Å². The number of amides is 2. The molecule has 0 heterocycles. The molecule has 0 spiro atoms. The normalized spacial score (nSPS) is 10.2. The van der Waals surface area contributed by atoms with Crippen molar-refractivity contribution in [2.24, 2.45) is 0 Å². The van der Waals surface area contributed by atoms with Gasteiger partial charge in [0.1, 0.15) is 5.75 Å². The topological polar surface area (TPSA) is 67.4 Å². The smallest absolute Gasteiger partial charge is 0.255 e. The average molecular weight is 374 g/mol. The summed E-state index contributed by atoms with van der Waals surface area (Å²) in [5.74, 6) is 0.291. The van der Waals surface area contributed by atoms with Gasteiger partial charge in [-0.1, -0.05) is 36.4 Å². The molecule has 0 bridgehead atoms.